The van der Waals surface area contributed by atoms with E-state index in [1.165, 1.54) is 27.6 Å². The predicted octanol–water partition coefficient (Wildman–Crippen LogP) is 3.73. The van der Waals surface area contributed by atoms with E-state index in [2.05, 4.69) is 10.1 Å². The average Bonchev–Trinajstić information content (AvgIpc) is 3.33. The largest absolute Gasteiger partial charge is 0.390 e. The van der Waals surface area contributed by atoms with Crippen LogP contribution in [-0.2, 0) is 12.8 Å². The van der Waals surface area contributed by atoms with E-state index in [1.807, 2.05) is 12.1 Å². The molecule has 0 fully saturated rings. The molecule has 0 spiro atoms. The maximum atomic E-state index is 11.1. The summed E-state index contributed by atoms with van der Waals surface area (Å²) in [5, 5.41) is 16.1. The van der Waals surface area contributed by atoms with E-state index in [1.54, 1.807) is 29.9 Å². The summed E-state index contributed by atoms with van der Waals surface area (Å²) in [5.74, 6) is 0.933. The second kappa shape index (κ2) is 6.20. The van der Waals surface area contributed by atoms with Gasteiger partial charge in [0.15, 0.2) is 11.6 Å². The third kappa shape index (κ3) is 2.67. The fraction of sp³-hybridized carbons (Fsp3) is 0.222. The van der Waals surface area contributed by atoms with Gasteiger partial charge in [-0.2, -0.15) is 0 Å². The number of hydrogen-bond acceptors (Lipinski definition) is 7. The molecule has 5 rings (SSSR count). The van der Waals surface area contributed by atoms with Crippen molar-refractivity contribution in [2.24, 2.45) is 0 Å². The standard InChI is InChI=1S/C18H14N6O2S/c25-24(26)14-7-9-23(22-14)17-15-12-5-1-2-6-13(12)27-18(15)21-16(20-17)11-4-3-8-19-10-11/h3-4,7-10H,1-2,5-6H2. The molecule has 0 aliphatic heterocycles. The van der Waals surface area contributed by atoms with Crippen LogP contribution in [-0.4, -0.2) is 29.7 Å². The minimum absolute atomic E-state index is 0.200. The van der Waals surface area contributed by atoms with E-state index < -0.39 is 4.92 Å². The summed E-state index contributed by atoms with van der Waals surface area (Å²) in [6.07, 6.45) is 9.30. The monoisotopic (exact) mass is 378 g/mol. The van der Waals surface area contributed by atoms with Gasteiger partial charge in [0.05, 0.1) is 22.7 Å². The van der Waals surface area contributed by atoms with Gasteiger partial charge >= 0.3 is 5.82 Å². The van der Waals surface area contributed by atoms with Gasteiger partial charge in [-0.15, -0.1) is 16.0 Å². The van der Waals surface area contributed by atoms with E-state index in [-0.39, 0.29) is 5.82 Å². The number of rotatable bonds is 3. The molecule has 1 aliphatic rings. The van der Waals surface area contributed by atoms with Crippen molar-refractivity contribution in [2.75, 3.05) is 0 Å². The van der Waals surface area contributed by atoms with Crippen molar-refractivity contribution in [3.8, 4) is 17.2 Å². The van der Waals surface area contributed by atoms with Crippen LogP contribution < -0.4 is 0 Å². The zero-order valence-corrected chi connectivity index (χ0v) is 15.0. The molecule has 8 nitrogen and oxygen atoms in total. The lowest BCUT2D eigenvalue weighted by Gasteiger charge is -2.11. The Kier molecular flexibility index (Phi) is 3.68. The third-order valence-electron chi connectivity index (χ3n) is 4.69. The van der Waals surface area contributed by atoms with Gasteiger partial charge in [0.1, 0.15) is 4.83 Å². The lowest BCUT2D eigenvalue weighted by molar-refractivity contribution is -0.389. The maximum absolute atomic E-state index is 11.1. The van der Waals surface area contributed by atoms with E-state index in [0.717, 1.165) is 35.0 Å². The molecule has 0 saturated heterocycles. The normalized spacial score (nSPS) is 13.6. The van der Waals surface area contributed by atoms with Crippen LogP contribution in [0.3, 0.4) is 0 Å². The van der Waals surface area contributed by atoms with Gasteiger partial charge in [0.2, 0.25) is 0 Å². The maximum Gasteiger partial charge on any atom is 0.390 e. The molecule has 0 amide bonds. The molecule has 0 aromatic carbocycles. The van der Waals surface area contributed by atoms with Crippen LogP contribution in [0.4, 0.5) is 5.82 Å². The van der Waals surface area contributed by atoms with Crippen LogP contribution in [0.15, 0.2) is 36.8 Å². The van der Waals surface area contributed by atoms with Gasteiger partial charge in [-0.05, 0) is 48.3 Å². The molecule has 0 bridgehead atoms. The average molecular weight is 378 g/mol. The molecule has 4 aromatic rings. The fourth-order valence-corrected chi connectivity index (χ4v) is 4.71. The van der Waals surface area contributed by atoms with Gasteiger partial charge in [0, 0.05) is 22.8 Å². The Hall–Kier alpha value is -3.20. The highest BCUT2D eigenvalue weighted by Gasteiger charge is 2.24. The molecule has 134 valence electrons. The molecule has 4 aromatic heterocycles. The molecule has 0 N–H and O–H groups in total. The molecule has 0 atom stereocenters. The Morgan fingerprint density at radius 3 is 2.85 bits per heavy atom. The number of aromatic nitrogens is 5. The van der Waals surface area contributed by atoms with Crippen LogP contribution in [0.25, 0.3) is 27.4 Å². The van der Waals surface area contributed by atoms with Crippen molar-refractivity contribution >= 4 is 27.4 Å². The second-order valence-corrected chi connectivity index (χ2v) is 7.46. The summed E-state index contributed by atoms with van der Waals surface area (Å²) in [7, 11) is 0. The van der Waals surface area contributed by atoms with E-state index >= 15 is 0 Å². The molecular weight excluding hydrogens is 364 g/mol. The zero-order chi connectivity index (χ0) is 18.4. The van der Waals surface area contributed by atoms with Gasteiger partial charge in [0.25, 0.3) is 0 Å². The quantitative estimate of drug-likeness (QED) is 0.398. The van der Waals surface area contributed by atoms with Crippen molar-refractivity contribution in [3.63, 3.8) is 0 Å². The summed E-state index contributed by atoms with van der Waals surface area (Å²) < 4.78 is 1.49. The summed E-state index contributed by atoms with van der Waals surface area (Å²) in [6.45, 7) is 0. The molecule has 0 unspecified atom stereocenters. The first kappa shape index (κ1) is 16.0. The number of thiophene rings is 1. The molecule has 1 aliphatic carbocycles. The molecule has 9 heteroatoms. The van der Waals surface area contributed by atoms with Gasteiger partial charge in [-0.25, -0.2) is 9.97 Å². The van der Waals surface area contributed by atoms with Crippen LogP contribution >= 0.6 is 11.3 Å². The minimum Gasteiger partial charge on any atom is -0.358 e. The Bertz CT molecular complexity index is 1170. The molecular formula is C18H14N6O2S. The van der Waals surface area contributed by atoms with Crippen molar-refractivity contribution in [1.29, 1.82) is 0 Å². The van der Waals surface area contributed by atoms with E-state index in [0.29, 0.717) is 11.6 Å². The number of aryl methyl sites for hydroxylation is 2. The third-order valence-corrected chi connectivity index (χ3v) is 5.88. The van der Waals surface area contributed by atoms with E-state index in [4.69, 9.17) is 9.97 Å². The summed E-state index contributed by atoms with van der Waals surface area (Å²) in [6, 6.07) is 5.12. The second-order valence-electron chi connectivity index (χ2n) is 6.38. The predicted molar refractivity (Wildman–Crippen MR) is 101 cm³/mol. The van der Waals surface area contributed by atoms with Gasteiger partial charge in [-0.1, -0.05) is 0 Å². The first-order chi connectivity index (χ1) is 13.2. The Labute approximate surface area is 157 Å². The van der Waals surface area contributed by atoms with Crippen LogP contribution in [0.1, 0.15) is 23.3 Å². The molecule has 4 heterocycles. The summed E-state index contributed by atoms with van der Waals surface area (Å²) >= 11 is 1.68. The number of nitrogens with zero attached hydrogens (tertiary/aromatic N) is 6. The Morgan fingerprint density at radius 1 is 1.19 bits per heavy atom. The zero-order valence-electron chi connectivity index (χ0n) is 14.2. The van der Waals surface area contributed by atoms with Gasteiger partial charge < -0.3 is 10.1 Å². The van der Waals surface area contributed by atoms with Gasteiger partial charge in [-0.3, -0.25) is 4.98 Å². The van der Waals surface area contributed by atoms with Crippen LogP contribution in [0.5, 0.6) is 0 Å². The molecule has 27 heavy (non-hydrogen) atoms. The van der Waals surface area contributed by atoms with E-state index in [9.17, 15) is 10.1 Å². The lowest BCUT2D eigenvalue weighted by Crippen LogP contribution is -2.05. The van der Waals surface area contributed by atoms with Crippen molar-refractivity contribution in [1.82, 2.24) is 24.7 Å². The number of fused-ring (bicyclic) bond motifs is 3. The molecule has 0 radical (unpaired) electrons. The van der Waals surface area contributed by atoms with Crippen LogP contribution in [0, 0.1) is 10.1 Å². The highest BCUT2D eigenvalue weighted by atomic mass is 32.1. The Balaban J connectivity index is 1.79. The first-order valence-corrected chi connectivity index (χ1v) is 9.45. The topological polar surface area (TPSA) is 99.6 Å². The number of hydrogen-bond donors (Lipinski definition) is 0. The van der Waals surface area contributed by atoms with Crippen molar-refractivity contribution in [3.05, 3.63) is 57.3 Å². The summed E-state index contributed by atoms with van der Waals surface area (Å²) in [5.41, 5.74) is 2.06. The number of nitro groups is 1. The lowest BCUT2D eigenvalue weighted by atomic mass is 9.97. The van der Waals surface area contributed by atoms with Crippen molar-refractivity contribution < 1.29 is 4.92 Å². The smallest absolute Gasteiger partial charge is 0.358 e. The highest BCUT2D eigenvalue weighted by Crippen LogP contribution is 2.38. The highest BCUT2D eigenvalue weighted by molar-refractivity contribution is 7.19. The SMILES string of the molecule is O=[N+]([O-])c1ccn(-c2nc(-c3cccnc3)nc3sc4c(c23)CCCC4)n1. The molecule has 0 saturated carbocycles. The van der Waals surface area contributed by atoms with Crippen molar-refractivity contribution in [2.45, 2.75) is 25.7 Å². The Morgan fingerprint density at radius 2 is 2.07 bits per heavy atom. The first-order valence-electron chi connectivity index (χ1n) is 8.64. The fourth-order valence-electron chi connectivity index (χ4n) is 3.46. The minimum atomic E-state index is -0.500. The van der Waals surface area contributed by atoms with Crippen LogP contribution in [0.2, 0.25) is 0 Å². The summed E-state index contributed by atoms with van der Waals surface area (Å²) in [4.78, 5) is 26.4. The number of pyridine rings is 1.